The lowest BCUT2D eigenvalue weighted by atomic mass is 10.1. The molecule has 6 heteroatoms. The van der Waals surface area contributed by atoms with E-state index in [2.05, 4.69) is 5.32 Å². The van der Waals surface area contributed by atoms with Crippen molar-refractivity contribution in [3.63, 3.8) is 0 Å². The van der Waals surface area contributed by atoms with Crippen LogP contribution in [-0.4, -0.2) is 36.2 Å². The molecule has 6 nitrogen and oxygen atoms in total. The van der Waals surface area contributed by atoms with Crippen LogP contribution in [0, 0.1) is 6.92 Å². The van der Waals surface area contributed by atoms with Gasteiger partial charge in [0.1, 0.15) is 12.4 Å². The minimum Gasteiger partial charge on any atom is -0.492 e. The molecule has 0 unspecified atom stereocenters. The maximum absolute atomic E-state index is 12.3. The lowest BCUT2D eigenvalue weighted by molar-refractivity contribution is -0.124. The Balaban J connectivity index is 1.45. The predicted molar refractivity (Wildman–Crippen MR) is 106 cm³/mol. The first-order valence-corrected chi connectivity index (χ1v) is 8.99. The van der Waals surface area contributed by atoms with Gasteiger partial charge < -0.3 is 19.4 Å². The number of benzene rings is 2. The highest BCUT2D eigenvalue weighted by Crippen LogP contribution is 2.17. The van der Waals surface area contributed by atoms with Crippen LogP contribution in [0.2, 0.25) is 0 Å². The fraction of sp³-hybridized carbons (Fsp3) is 0.182. The van der Waals surface area contributed by atoms with E-state index in [0.29, 0.717) is 18.7 Å². The molecule has 0 aliphatic rings. The highest BCUT2D eigenvalue weighted by atomic mass is 16.5. The van der Waals surface area contributed by atoms with Crippen LogP contribution >= 0.6 is 0 Å². The average molecular weight is 378 g/mol. The average Bonchev–Trinajstić information content (AvgIpc) is 3.25. The summed E-state index contributed by atoms with van der Waals surface area (Å²) in [5, 5.41) is 2.66. The molecule has 28 heavy (non-hydrogen) atoms. The molecule has 0 bridgehead atoms. The van der Waals surface area contributed by atoms with Crippen LogP contribution in [0.5, 0.6) is 5.75 Å². The predicted octanol–water partition coefficient (Wildman–Crippen LogP) is 3.14. The third-order valence-electron chi connectivity index (χ3n) is 4.10. The Labute approximate surface area is 163 Å². The number of nitrogens with zero attached hydrogens (tertiary/aromatic N) is 1. The summed E-state index contributed by atoms with van der Waals surface area (Å²) >= 11 is 0. The van der Waals surface area contributed by atoms with Crippen LogP contribution in [0.3, 0.4) is 0 Å². The second-order valence-corrected chi connectivity index (χ2v) is 6.18. The van der Waals surface area contributed by atoms with Crippen molar-refractivity contribution in [3.05, 3.63) is 84.2 Å². The summed E-state index contributed by atoms with van der Waals surface area (Å²) in [6.45, 7) is 2.29. The van der Waals surface area contributed by atoms with Gasteiger partial charge in [0.2, 0.25) is 0 Å². The molecule has 1 N–H and O–H groups in total. The Morgan fingerprint density at radius 2 is 1.75 bits per heavy atom. The van der Waals surface area contributed by atoms with Crippen molar-refractivity contribution in [3.8, 4) is 11.4 Å². The number of aryl methyl sites for hydroxylation is 1. The molecule has 0 aliphatic carbocycles. The highest BCUT2D eigenvalue weighted by Gasteiger charge is 2.12. The molecule has 0 atom stereocenters. The maximum atomic E-state index is 12.3. The number of para-hydroxylation sites is 1. The van der Waals surface area contributed by atoms with E-state index >= 15 is 0 Å². The van der Waals surface area contributed by atoms with Crippen molar-refractivity contribution < 1.29 is 19.1 Å². The van der Waals surface area contributed by atoms with Gasteiger partial charge in [0, 0.05) is 18.1 Å². The van der Waals surface area contributed by atoms with E-state index in [1.807, 2.05) is 72.4 Å². The van der Waals surface area contributed by atoms with E-state index in [4.69, 9.17) is 9.47 Å². The molecule has 1 aromatic heterocycles. The van der Waals surface area contributed by atoms with Gasteiger partial charge in [0.25, 0.3) is 5.91 Å². The second-order valence-electron chi connectivity index (χ2n) is 6.18. The number of hydrogen-bond acceptors (Lipinski definition) is 4. The van der Waals surface area contributed by atoms with Crippen molar-refractivity contribution in [1.29, 1.82) is 0 Å². The van der Waals surface area contributed by atoms with E-state index in [9.17, 15) is 9.59 Å². The highest BCUT2D eigenvalue weighted by molar-refractivity contribution is 5.92. The largest absolute Gasteiger partial charge is 0.492 e. The van der Waals surface area contributed by atoms with Crippen LogP contribution in [0.1, 0.15) is 15.9 Å². The molecule has 3 rings (SSSR count). The van der Waals surface area contributed by atoms with Crippen molar-refractivity contribution in [2.24, 2.45) is 0 Å². The Kier molecular flexibility index (Phi) is 6.46. The number of carbonyl (C=O) groups excluding carboxylic acids is 2. The quantitative estimate of drug-likeness (QED) is 0.483. The van der Waals surface area contributed by atoms with Crippen molar-refractivity contribution in [2.75, 3.05) is 19.8 Å². The number of rotatable bonds is 8. The molecule has 1 amide bonds. The van der Waals surface area contributed by atoms with Crippen molar-refractivity contribution in [1.82, 2.24) is 9.88 Å². The van der Waals surface area contributed by atoms with Crippen LogP contribution in [-0.2, 0) is 9.53 Å². The first-order valence-electron chi connectivity index (χ1n) is 8.99. The summed E-state index contributed by atoms with van der Waals surface area (Å²) in [5.74, 6) is -0.173. The van der Waals surface area contributed by atoms with Gasteiger partial charge in [-0.2, -0.15) is 0 Å². The summed E-state index contributed by atoms with van der Waals surface area (Å²) < 4.78 is 12.5. The summed E-state index contributed by atoms with van der Waals surface area (Å²) in [6, 6.07) is 18.5. The summed E-state index contributed by atoms with van der Waals surface area (Å²) in [5.41, 5.74) is 2.32. The summed E-state index contributed by atoms with van der Waals surface area (Å²) in [4.78, 5) is 24.1. The third kappa shape index (κ3) is 5.23. The standard InChI is InChI=1S/C22H22N2O4/c1-17-9-10-18(15-20(17)24-12-5-6-13-24)22(26)28-16-21(25)23-11-14-27-19-7-3-2-4-8-19/h2-10,12-13,15H,11,14,16H2,1H3,(H,23,25). The molecule has 144 valence electrons. The fourth-order valence-electron chi connectivity index (χ4n) is 2.65. The second kappa shape index (κ2) is 9.41. The van der Waals surface area contributed by atoms with Gasteiger partial charge >= 0.3 is 5.97 Å². The molecular formula is C22H22N2O4. The zero-order chi connectivity index (χ0) is 19.8. The van der Waals surface area contributed by atoms with Gasteiger partial charge in [-0.1, -0.05) is 24.3 Å². The lowest BCUT2D eigenvalue weighted by Gasteiger charge is -2.11. The maximum Gasteiger partial charge on any atom is 0.338 e. The normalized spacial score (nSPS) is 10.3. The smallest absolute Gasteiger partial charge is 0.338 e. The van der Waals surface area contributed by atoms with E-state index < -0.39 is 5.97 Å². The van der Waals surface area contributed by atoms with E-state index in [0.717, 1.165) is 17.0 Å². The molecule has 2 aromatic carbocycles. The molecule has 1 heterocycles. The van der Waals surface area contributed by atoms with Crippen LogP contribution in [0.15, 0.2) is 73.1 Å². The summed E-state index contributed by atoms with van der Waals surface area (Å²) in [7, 11) is 0. The molecule has 0 fully saturated rings. The first kappa shape index (κ1) is 19.2. The topological polar surface area (TPSA) is 69.6 Å². The van der Waals surface area contributed by atoms with Crippen LogP contribution < -0.4 is 10.1 Å². The van der Waals surface area contributed by atoms with Gasteiger partial charge in [0.15, 0.2) is 6.61 Å². The Morgan fingerprint density at radius 3 is 2.50 bits per heavy atom. The number of aromatic nitrogens is 1. The third-order valence-corrected chi connectivity index (χ3v) is 4.10. The van der Waals surface area contributed by atoms with Gasteiger partial charge in [-0.05, 0) is 48.9 Å². The lowest BCUT2D eigenvalue weighted by Crippen LogP contribution is -2.32. The number of esters is 1. The monoisotopic (exact) mass is 378 g/mol. The zero-order valence-corrected chi connectivity index (χ0v) is 15.6. The van der Waals surface area contributed by atoms with Gasteiger partial charge in [0.05, 0.1) is 12.1 Å². The fourth-order valence-corrected chi connectivity index (χ4v) is 2.65. The number of hydrogen-bond donors (Lipinski definition) is 1. The molecule has 0 radical (unpaired) electrons. The molecule has 0 aliphatic heterocycles. The number of nitrogens with one attached hydrogen (secondary N) is 1. The first-order chi connectivity index (χ1) is 13.6. The van der Waals surface area contributed by atoms with Gasteiger partial charge in [-0.15, -0.1) is 0 Å². The minimum absolute atomic E-state index is 0.327. The van der Waals surface area contributed by atoms with Gasteiger partial charge in [-0.3, -0.25) is 4.79 Å². The zero-order valence-electron chi connectivity index (χ0n) is 15.6. The van der Waals surface area contributed by atoms with Gasteiger partial charge in [-0.25, -0.2) is 4.79 Å². The van der Waals surface area contributed by atoms with Crippen LogP contribution in [0.25, 0.3) is 5.69 Å². The molecule has 0 spiro atoms. The number of amides is 1. The summed E-state index contributed by atoms with van der Waals surface area (Å²) in [6.07, 6.45) is 3.81. The number of carbonyl (C=O) groups is 2. The molecule has 0 saturated carbocycles. The Hall–Kier alpha value is -3.54. The Morgan fingerprint density at radius 1 is 1.00 bits per heavy atom. The Bertz CT molecular complexity index is 921. The van der Waals surface area contributed by atoms with E-state index in [1.54, 1.807) is 12.1 Å². The number of ether oxygens (including phenoxy) is 2. The van der Waals surface area contributed by atoms with Crippen LogP contribution in [0.4, 0.5) is 0 Å². The minimum atomic E-state index is -0.538. The molecular weight excluding hydrogens is 356 g/mol. The molecule has 3 aromatic rings. The SMILES string of the molecule is Cc1ccc(C(=O)OCC(=O)NCCOc2ccccc2)cc1-n1cccc1. The van der Waals surface area contributed by atoms with Crippen molar-refractivity contribution in [2.45, 2.75) is 6.92 Å². The molecule has 0 saturated heterocycles. The van der Waals surface area contributed by atoms with Crippen molar-refractivity contribution >= 4 is 11.9 Å². The van der Waals surface area contributed by atoms with E-state index in [-0.39, 0.29) is 12.5 Å². The van der Waals surface area contributed by atoms with E-state index in [1.165, 1.54) is 0 Å².